The van der Waals surface area contributed by atoms with Crippen molar-refractivity contribution in [1.29, 1.82) is 0 Å². The first-order valence-electron chi connectivity index (χ1n) is 7.74. The Bertz CT molecular complexity index is 1070. The summed E-state index contributed by atoms with van der Waals surface area (Å²) < 4.78 is 1.99. The van der Waals surface area contributed by atoms with E-state index in [-0.39, 0.29) is 0 Å². The van der Waals surface area contributed by atoms with Crippen LogP contribution in [-0.4, -0.2) is 14.7 Å². The van der Waals surface area contributed by atoms with Crippen LogP contribution >= 0.6 is 0 Å². The summed E-state index contributed by atoms with van der Waals surface area (Å²) in [5.74, 6) is 1.09. The highest BCUT2D eigenvalue weighted by Gasteiger charge is 2.25. The maximum atomic E-state index is 10.5. The molecule has 23 heavy (non-hydrogen) atoms. The maximum absolute atomic E-state index is 10.5. The van der Waals surface area contributed by atoms with E-state index in [1.807, 2.05) is 28.8 Å². The monoisotopic (exact) mass is 302 g/mol. The largest absolute Gasteiger partial charge is 0.494 e. The smallest absolute Gasteiger partial charge is 0.199 e. The molecule has 112 valence electrons. The summed E-state index contributed by atoms with van der Waals surface area (Å²) in [5.41, 5.74) is 2.15. The third-order valence-corrected chi connectivity index (χ3v) is 4.54. The molecule has 3 aromatic rings. The van der Waals surface area contributed by atoms with Gasteiger partial charge in [0.1, 0.15) is 5.36 Å². The lowest BCUT2D eigenvalue weighted by Crippen LogP contribution is -2.20. The van der Waals surface area contributed by atoms with Crippen molar-refractivity contribution in [3.8, 4) is 5.88 Å². The zero-order valence-corrected chi connectivity index (χ0v) is 12.4. The standard InChI is InChI=1S/C18H14N4O/c23-18-12-5-2-1-4-11(12)16-13(6-3-9-22(16)18)17-20-14-7-8-19-10-15(14)21-17/h1-2,4-5,7-8,10,23H,3,6,9H2. The molecule has 2 aromatic heterocycles. The van der Waals surface area contributed by atoms with Gasteiger partial charge in [0.15, 0.2) is 11.7 Å². The molecule has 0 aliphatic carbocycles. The Kier molecular flexibility index (Phi) is 2.47. The summed E-state index contributed by atoms with van der Waals surface area (Å²) in [6.45, 7) is 0.821. The van der Waals surface area contributed by atoms with E-state index in [1.54, 1.807) is 12.4 Å². The van der Waals surface area contributed by atoms with Gasteiger partial charge in [-0.1, -0.05) is 18.2 Å². The Labute approximate surface area is 132 Å². The van der Waals surface area contributed by atoms with Crippen molar-refractivity contribution in [3.63, 3.8) is 0 Å². The van der Waals surface area contributed by atoms with Crippen LogP contribution in [0.1, 0.15) is 18.5 Å². The van der Waals surface area contributed by atoms with E-state index >= 15 is 0 Å². The van der Waals surface area contributed by atoms with E-state index in [0.717, 1.165) is 58.0 Å². The highest BCUT2D eigenvalue weighted by Crippen LogP contribution is 2.41. The second kappa shape index (κ2) is 4.52. The Hall–Kier alpha value is -2.95. The summed E-state index contributed by atoms with van der Waals surface area (Å²) >= 11 is 0. The number of aromatic nitrogens is 2. The van der Waals surface area contributed by atoms with Gasteiger partial charge in [-0.3, -0.25) is 4.98 Å². The molecule has 5 rings (SSSR count). The first-order chi connectivity index (χ1) is 11.3. The fourth-order valence-electron chi connectivity index (χ4n) is 3.52. The van der Waals surface area contributed by atoms with Crippen LogP contribution in [0, 0.1) is 0 Å². The highest BCUT2D eigenvalue weighted by molar-refractivity contribution is 5.98. The molecule has 0 spiro atoms. The van der Waals surface area contributed by atoms with E-state index < -0.39 is 0 Å². The van der Waals surface area contributed by atoms with Gasteiger partial charge in [-0.25, -0.2) is 9.98 Å². The predicted molar refractivity (Wildman–Crippen MR) is 86.3 cm³/mol. The van der Waals surface area contributed by atoms with Gasteiger partial charge in [-0.2, -0.15) is 0 Å². The van der Waals surface area contributed by atoms with E-state index in [0.29, 0.717) is 5.88 Å². The SMILES string of the molecule is Oc1c2ccccc2c2n1CCCC2=C1N=c2ccncc2=N1. The topological polar surface area (TPSA) is 62.8 Å². The number of benzene rings is 1. The predicted octanol–water partition coefficient (Wildman–Crippen LogP) is 2.16. The first kappa shape index (κ1) is 12.6. The number of nitrogens with zero attached hydrogens (tertiary/aromatic N) is 4. The molecule has 5 nitrogen and oxygen atoms in total. The Morgan fingerprint density at radius 2 is 1.83 bits per heavy atom. The molecule has 5 heteroatoms. The average molecular weight is 302 g/mol. The van der Waals surface area contributed by atoms with Crippen molar-refractivity contribution in [2.24, 2.45) is 9.98 Å². The third kappa shape index (κ3) is 1.70. The lowest BCUT2D eigenvalue weighted by Gasteiger charge is -2.19. The van der Waals surface area contributed by atoms with Crippen molar-refractivity contribution in [2.75, 3.05) is 0 Å². The summed E-state index contributed by atoms with van der Waals surface area (Å²) in [6, 6.07) is 9.84. The van der Waals surface area contributed by atoms with Crippen LogP contribution < -0.4 is 10.7 Å². The molecule has 0 bridgehead atoms. The lowest BCUT2D eigenvalue weighted by molar-refractivity contribution is 0.413. The number of hydrogen-bond acceptors (Lipinski definition) is 4. The Balaban J connectivity index is 1.86. The first-order valence-corrected chi connectivity index (χ1v) is 7.74. The van der Waals surface area contributed by atoms with Crippen molar-refractivity contribution < 1.29 is 5.11 Å². The molecule has 0 unspecified atom stereocenters. The summed E-state index contributed by atoms with van der Waals surface area (Å²) in [6.07, 6.45) is 5.36. The molecule has 0 radical (unpaired) electrons. The number of pyridine rings is 1. The van der Waals surface area contributed by atoms with Crippen LogP contribution in [0.5, 0.6) is 5.88 Å². The lowest BCUT2D eigenvalue weighted by atomic mass is 10.00. The summed E-state index contributed by atoms with van der Waals surface area (Å²) in [7, 11) is 0. The molecular weight excluding hydrogens is 288 g/mol. The van der Waals surface area contributed by atoms with Crippen molar-refractivity contribution >= 4 is 16.3 Å². The second-order valence-electron chi connectivity index (χ2n) is 5.86. The van der Waals surface area contributed by atoms with Crippen molar-refractivity contribution in [3.05, 3.63) is 65.0 Å². The van der Waals surface area contributed by atoms with Gasteiger partial charge in [-0.05, 0) is 25.0 Å². The number of aromatic hydroxyl groups is 1. The average Bonchev–Trinajstić information content (AvgIpc) is 3.15. The van der Waals surface area contributed by atoms with E-state index in [2.05, 4.69) is 21.0 Å². The van der Waals surface area contributed by atoms with Crippen LogP contribution in [0.2, 0.25) is 0 Å². The van der Waals surface area contributed by atoms with E-state index in [1.165, 1.54) is 0 Å². The van der Waals surface area contributed by atoms with Crippen LogP contribution in [0.15, 0.2) is 58.5 Å². The number of fused-ring (bicyclic) bond motifs is 4. The van der Waals surface area contributed by atoms with Crippen LogP contribution in [-0.2, 0) is 6.54 Å². The molecular formula is C18H14N4O. The van der Waals surface area contributed by atoms with E-state index in [4.69, 9.17) is 0 Å². The molecule has 1 aromatic carbocycles. The molecule has 0 fully saturated rings. The quantitative estimate of drug-likeness (QED) is 0.691. The molecule has 0 amide bonds. The molecule has 2 aliphatic rings. The fourth-order valence-corrected chi connectivity index (χ4v) is 3.52. The van der Waals surface area contributed by atoms with Crippen molar-refractivity contribution in [2.45, 2.75) is 19.4 Å². The third-order valence-electron chi connectivity index (χ3n) is 4.54. The molecule has 1 N–H and O–H groups in total. The molecule has 4 heterocycles. The maximum Gasteiger partial charge on any atom is 0.199 e. The number of rotatable bonds is 0. The van der Waals surface area contributed by atoms with Gasteiger partial charge >= 0.3 is 0 Å². The van der Waals surface area contributed by atoms with Gasteiger partial charge in [-0.15, -0.1) is 0 Å². The minimum Gasteiger partial charge on any atom is -0.494 e. The highest BCUT2D eigenvalue weighted by atomic mass is 16.3. The minimum absolute atomic E-state index is 0.338. The zero-order chi connectivity index (χ0) is 15.4. The molecule has 0 atom stereocenters. The van der Waals surface area contributed by atoms with E-state index in [9.17, 15) is 5.11 Å². The zero-order valence-electron chi connectivity index (χ0n) is 12.4. The van der Waals surface area contributed by atoms with Gasteiger partial charge < -0.3 is 9.67 Å². The van der Waals surface area contributed by atoms with Crippen LogP contribution in [0.3, 0.4) is 0 Å². The van der Waals surface area contributed by atoms with Crippen molar-refractivity contribution in [1.82, 2.24) is 9.55 Å². The van der Waals surface area contributed by atoms with Gasteiger partial charge in [0.25, 0.3) is 0 Å². The second-order valence-corrected chi connectivity index (χ2v) is 5.86. The molecule has 0 saturated carbocycles. The van der Waals surface area contributed by atoms with Gasteiger partial charge in [0.2, 0.25) is 0 Å². The van der Waals surface area contributed by atoms with Crippen LogP contribution in [0.4, 0.5) is 0 Å². The summed E-state index contributed by atoms with van der Waals surface area (Å²) in [4.78, 5) is 13.4. The Morgan fingerprint density at radius 1 is 1.00 bits per heavy atom. The van der Waals surface area contributed by atoms with Gasteiger partial charge in [0.05, 0.1) is 17.2 Å². The number of hydrogen-bond donors (Lipinski definition) is 1. The molecule has 2 aliphatic heterocycles. The Morgan fingerprint density at radius 3 is 2.70 bits per heavy atom. The van der Waals surface area contributed by atoms with Gasteiger partial charge in [0, 0.05) is 29.1 Å². The normalized spacial score (nSPS) is 19.1. The summed E-state index contributed by atoms with van der Waals surface area (Å²) in [5, 5.41) is 14.2. The minimum atomic E-state index is 0.338. The molecule has 0 saturated heterocycles. The van der Waals surface area contributed by atoms with Crippen LogP contribution in [0.25, 0.3) is 16.3 Å². The number of allylic oxidation sites excluding steroid dienone is 1. The fraction of sp³-hybridized carbons (Fsp3) is 0.167.